The molecule has 4 rings (SSSR count). The van der Waals surface area contributed by atoms with Crippen molar-refractivity contribution in [3.63, 3.8) is 0 Å². The summed E-state index contributed by atoms with van der Waals surface area (Å²) in [6.45, 7) is 5.19. The van der Waals surface area contributed by atoms with Crippen LogP contribution in [0.3, 0.4) is 0 Å². The normalized spacial score (nSPS) is 14.8. The van der Waals surface area contributed by atoms with Crippen LogP contribution in [0.2, 0.25) is 0 Å². The first kappa shape index (κ1) is 18.4. The van der Waals surface area contributed by atoms with Crippen LogP contribution in [0.4, 0.5) is 16.2 Å². The number of hydrogen-bond acceptors (Lipinski definition) is 5. The third-order valence-electron chi connectivity index (χ3n) is 4.98. The Hall–Kier alpha value is -2.99. The Morgan fingerprint density at radius 1 is 0.893 bits per heavy atom. The zero-order valence-electron chi connectivity index (χ0n) is 15.8. The second kappa shape index (κ2) is 8.80. The van der Waals surface area contributed by atoms with Crippen LogP contribution in [0.5, 0.6) is 0 Å². The topological polar surface area (TPSA) is 44.3 Å². The Balaban J connectivity index is 1.33. The molecule has 5 nitrogen and oxygen atoms in total. The summed E-state index contributed by atoms with van der Waals surface area (Å²) in [7, 11) is 0. The Bertz CT molecular complexity index is 894. The molecular formula is C22H24FN5. The van der Waals surface area contributed by atoms with E-state index >= 15 is 0 Å². The maximum absolute atomic E-state index is 13.8. The number of nitrogens with one attached hydrogen (secondary N) is 1. The summed E-state index contributed by atoms with van der Waals surface area (Å²) in [6.07, 6.45) is 1.75. The van der Waals surface area contributed by atoms with Crippen molar-refractivity contribution < 1.29 is 4.39 Å². The summed E-state index contributed by atoms with van der Waals surface area (Å²) in [5.41, 5.74) is 1.95. The molecular weight excluding hydrogens is 353 g/mol. The van der Waals surface area contributed by atoms with Gasteiger partial charge < -0.3 is 10.2 Å². The van der Waals surface area contributed by atoms with Crippen LogP contribution in [0.15, 0.2) is 66.9 Å². The van der Waals surface area contributed by atoms with E-state index < -0.39 is 0 Å². The highest BCUT2D eigenvalue weighted by Crippen LogP contribution is 2.17. The van der Waals surface area contributed by atoms with Crippen LogP contribution < -0.4 is 10.2 Å². The molecule has 0 radical (unpaired) electrons. The van der Waals surface area contributed by atoms with Crippen molar-refractivity contribution in [2.24, 2.45) is 0 Å². The standard InChI is InChI=1S/C22H24FN5/c23-20-9-5-4-8-19(20)16-25-22-24-11-10-21(26-22)28-14-12-27(13-15-28)17-18-6-2-1-3-7-18/h1-11H,12-17H2,(H,24,25,26). The third kappa shape index (κ3) is 4.64. The molecule has 0 spiro atoms. The minimum atomic E-state index is -0.222. The fraction of sp³-hybridized carbons (Fsp3) is 0.273. The van der Waals surface area contributed by atoms with E-state index in [0.29, 0.717) is 18.1 Å². The smallest absolute Gasteiger partial charge is 0.224 e. The van der Waals surface area contributed by atoms with Gasteiger partial charge in [-0.05, 0) is 17.7 Å². The number of aromatic nitrogens is 2. The van der Waals surface area contributed by atoms with Crippen LogP contribution in [0.1, 0.15) is 11.1 Å². The average molecular weight is 377 g/mol. The van der Waals surface area contributed by atoms with Crippen LogP contribution in [-0.4, -0.2) is 41.0 Å². The number of nitrogens with zero attached hydrogens (tertiary/aromatic N) is 4. The summed E-state index contributed by atoms with van der Waals surface area (Å²) >= 11 is 0. The second-order valence-electron chi connectivity index (χ2n) is 6.93. The molecule has 0 unspecified atom stereocenters. The van der Waals surface area contributed by atoms with Gasteiger partial charge in [-0.2, -0.15) is 4.98 Å². The molecule has 1 aliphatic rings. The number of rotatable bonds is 6. The third-order valence-corrected chi connectivity index (χ3v) is 4.98. The van der Waals surface area contributed by atoms with E-state index in [1.165, 1.54) is 11.6 Å². The lowest BCUT2D eigenvalue weighted by Crippen LogP contribution is -2.46. The molecule has 0 aliphatic carbocycles. The second-order valence-corrected chi connectivity index (χ2v) is 6.93. The van der Waals surface area contributed by atoms with Gasteiger partial charge in [0.05, 0.1) is 0 Å². The molecule has 1 saturated heterocycles. The molecule has 3 aromatic rings. The van der Waals surface area contributed by atoms with Crippen LogP contribution in [0, 0.1) is 5.82 Å². The number of hydrogen-bond donors (Lipinski definition) is 1. The van der Waals surface area contributed by atoms with E-state index in [4.69, 9.17) is 0 Å². The molecule has 28 heavy (non-hydrogen) atoms. The van der Waals surface area contributed by atoms with Gasteiger partial charge in [0.25, 0.3) is 0 Å². The van der Waals surface area contributed by atoms with Crippen molar-refractivity contribution in [3.05, 3.63) is 83.8 Å². The summed E-state index contributed by atoms with van der Waals surface area (Å²) in [5.74, 6) is 1.21. The van der Waals surface area contributed by atoms with Crippen molar-refractivity contribution in [1.29, 1.82) is 0 Å². The SMILES string of the molecule is Fc1ccccc1CNc1nccc(N2CCN(Cc3ccccc3)CC2)n1. The molecule has 6 heteroatoms. The number of halogens is 1. The Morgan fingerprint density at radius 2 is 1.64 bits per heavy atom. The summed E-state index contributed by atoms with van der Waals surface area (Å²) < 4.78 is 13.8. The zero-order chi connectivity index (χ0) is 19.2. The minimum absolute atomic E-state index is 0.222. The minimum Gasteiger partial charge on any atom is -0.354 e. The first-order chi connectivity index (χ1) is 13.8. The summed E-state index contributed by atoms with van der Waals surface area (Å²) in [4.78, 5) is 13.6. The average Bonchev–Trinajstić information content (AvgIpc) is 2.75. The fourth-order valence-corrected chi connectivity index (χ4v) is 3.40. The van der Waals surface area contributed by atoms with Crippen LogP contribution in [-0.2, 0) is 13.1 Å². The first-order valence-corrected chi connectivity index (χ1v) is 9.59. The summed E-state index contributed by atoms with van der Waals surface area (Å²) in [6, 6.07) is 19.2. The molecule has 1 fully saturated rings. The van der Waals surface area contributed by atoms with E-state index in [0.717, 1.165) is 38.5 Å². The van der Waals surface area contributed by atoms with Crippen molar-refractivity contribution in [2.75, 3.05) is 36.4 Å². The first-order valence-electron chi connectivity index (χ1n) is 9.59. The summed E-state index contributed by atoms with van der Waals surface area (Å²) in [5, 5.41) is 3.12. The van der Waals surface area contributed by atoms with Crippen molar-refractivity contribution >= 4 is 11.8 Å². The van der Waals surface area contributed by atoms with Gasteiger partial charge in [0, 0.05) is 51.0 Å². The van der Waals surface area contributed by atoms with E-state index in [1.807, 2.05) is 18.2 Å². The van der Waals surface area contributed by atoms with Gasteiger partial charge >= 0.3 is 0 Å². The largest absolute Gasteiger partial charge is 0.354 e. The lowest BCUT2D eigenvalue weighted by molar-refractivity contribution is 0.249. The molecule has 0 bridgehead atoms. The molecule has 0 amide bonds. The van der Waals surface area contributed by atoms with Crippen molar-refractivity contribution in [2.45, 2.75) is 13.1 Å². The lowest BCUT2D eigenvalue weighted by Gasteiger charge is -2.35. The number of benzene rings is 2. The molecule has 2 aromatic carbocycles. The zero-order valence-corrected chi connectivity index (χ0v) is 15.8. The van der Waals surface area contributed by atoms with Gasteiger partial charge in [-0.25, -0.2) is 9.37 Å². The quantitative estimate of drug-likeness (QED) is 0.712. The lowest BCUT2D eigenvalue weighted by atomic mass is 10.2. The predicted molar refractivity (Wildman–Crippen MR) is 110 cm³/mol. The van der Waals surface area contributed by atoms with Gasteiger partial charge in [0.15, 0.2) is 0 Å². The van der Waals surface area contributed by atoms with E-state index in [1.54, 1.807) is 18.3 Å². The molecule has 1 N–H and O–H groups in total. The predicted octanol–water partition coefficient (Wildman–Crippen LogP) is 3.55. The van der Waals surface area contributed by atoms with Crippen molar-refractivity contribution in [1.82, 2.24) is 14.9 Å². The fourth-order valence-electron chi connectivity index (χ4n) is 3.40. The highest BCUT2D eigenvalue weighted by atomic mass is 19.1. The monoisotopic (exact) mass is 377 g/mol. The highest BCUT2D eigenvalue weighted by molar-refractivity contribution is 5.43. The van der Waals surface area contributed by atoms with E-state index in [-0.39, 0.29) is 5.82 Å². The van der Waals surface area contributed by atoms with Gasteiger partial charge in [-0.1, -0.05) is 48.5 Å². The van der Waals surface area contributed by atoms with Crippen LogP contribution >= 0.6 is 0 Å². The van der Waals surface area contributed by atoms with Gasteiger partial charge in [-0.3, -0.25) is 4.90 Å². The number of piperazine rings is 1. The number of anilines is 2. The van der Waals surface area contributed by atoms with E-state index in [9.17, 15) is 4.39 Å². The van der Waals surface area contributed by atoms with E-state index in [2.05, 4.69) is 49.4 Å². The van der Waals surface area contributed by atoms with Gasteiger partial charge in [0.2, 0.25) is 5.95 Å². The molecule has 1 aliphatic heterocycles. The Kier molecular flexibility index (Phi) is 5.77. The molecule has 2 heterocycles. The maximum Gasteiger partial charge on any atom is 0.224 e. The van der Waals surface area contributed by atoms with Crippen molar-refractivity contribution in [3.8, 4) is 0 Å². The molecule has 144 valence electrons. The molecule has 0 atom stereocenters. The van der Waals surface area contributed by atoms with Gasteiger partial charge in [-0.15, -0.1) is 0 Å². The van der Waals surface area contributed by atoms with Gasteiger partial charge in [0.1, 0.15) is 11.6 Å². The Morgan fingerprint density at radius 3 is 2.43 bits per heavy atom. The Labute approximate surface area is 164 Å². The maximum atomic E-state index is 13.8. The van der Waals surface area contributed by atoms with Crippen LogP contribution in [0.25, 0.3) is 0 Å². The highest BCUT2D eigenvalue weighted by Gasteiger charge is 2.18. The molecule has 1 aromatic heterocycles. The molecule has 0 saturated carbocycles.